The SMILES string of the molecule is COc1c(Br)c(C)cc(C)c1C1(C(=O)O)CCCC1. The highest BCUT2D eigenvalue weighted by molar-refractivity contribution is 9.10. The minimum Gasteiger partial charge on any atom is -0.495 e. The number of carboxylic acid groups (broad SMARTS) is 1. The first kappa shape index (κ1) is 14.4. The molecule has 19 heavy (non-hydrogen) atoms. The van der Waals surface area contributed by atoms with Gasteiger partial charge in [-0.2, -0.15) is 0 Å². The molecule has 0 saturated heterocycles. The fourth-order valence-corrected chi connectivity index (χ4v) is 3.74. The summed E-state index contributed by atoms with van der Waals surface area (Å²) in [4.78, 5) is 11.9. The van der Waals surface area contributed by atoms with E-state index in [9.17, 15) is 9.90 Å². The molecule has 3 nitrogen and oxygen atoms in total. The minimum atomic E-state index is -0.786. The maximum atomic E-state index is 11.9. The van der Waals surface area contributed by atoms with Gasteiger partial charge in [-0.05, 0) is 53.7 Å². The van der Waals surface area contributed by atoms with Crippen molar-refractivity contribution in [3.63, 3.8) is 0 Å². The average Bonchev–Trinajstić information content (AvgIpc) is 2.83. The molecule has 0 unspecified atom stereocenters. The Morgan fingerprint density at radius 3 is 2.37 bits per heavy atom. The second-order valence-corrected chi connectivity index (χ2v) is 6.12. The van der Waals surface area contributed by atoms with Crippen molar-refractivity contribution in [2.75, 3.05) is 7.11 Å². The topological polar surface area (TPSA) is 46.5 Å². The van der Waals surface area contributed by atoms with E-state index >= 15 is 0 Å². The summed E-state index contributed by atoms with van der Waals surface area (Å²) in [5, 5.41) is 9.75. The van der Waals surface area contributed by atoms with Crippen LogP contribution in [0.15, 0.2) is 10.5 Å². The number of rotatable bonds is 3. The molecule has 1 saturated carbocycles. The molecule has 0 atom stereocenters. The fourth-order valence-electron chi connectivity index (χ4n) is 3.26. The van der Waals surface area contributed by atoms with Crippen LogP contribution < -0.4 is 4.74 Å². The Morgan fingerprint density at radius 1 is 1.32 bits per heavy atom. The number of hydrogen-bond acceptors (Lipinski definition) is 2. The number of aryl methyl sites for hydroxylation is 2. The predicted octanol–water partition coefficient (Wildman–Crippen LogP) is 3.97. The maximum absolute atomic E-state index is 11.9. The van der Waals surface area contributed by atoms with Gasteiger partial charge in [0, 0.05) is 5.56 Å². The molecule has 2 rings (SSSR count). The third kappa shape index (κ3) is 2.16. The molecule has 1 aromatic rings. The second kappa shape index (κ2) is 5.16. The zero-order valence-corrected chi connectivity index (χ0v) is 13.1. The average molecular weight is 327 g/mol. The van der Waals surface area contributed by atoms with E-state index in [0.29, 0.717) is 18.6 Å². The third-order valence-corrected chi connectivity index (χ3v) is 5.13. The number of carboxylic acids is 1. The molecule has 0 spiro atoms. The van der Waals surface area contributed by atoms with E-state index in [2.05, 4.69) is 15.9 Å². The lowest BCUT2D eigenvalue weighted by atomic mass is 9.76. The number of ether oxygens (including phenoxy) is 1. The number of benzene rings is 1. The first-order valence-electron chi connectivity index (χ1n) is 6.51. The largest absolute Gasteiger partial charge is 0.495 e. The maximum Gasteiger partial charge on any atom is 0.314 e. The van der Waals surface area contributed by atoms with E-state index in [0.717, 1.165) is 34.0 Å². The van der Waals surface area contributed by atoms with Crippen molar-refractivity contribution in [2.45, 2.75) is 44.9 Å². The smallest absolute Gasteiger partial charge is 0.314 e. The number of halogens is 1. The molecule has 0 radical (unpaired) electrons. The van der Waals surface area contributed by atoms with Gasteiger partial charge in [-0.3, -0.25) is 4.79 Å². The van der Waals surface area contributed by atoms with Gasteiger partial charge in [-0.15, -0.1) is 0 Å². The van der Waals surface area contributed by atoms with Gasteiger partial charge in [-0.1, -0.05) is 18.9 Å². The minimum absolute atomic E-state index is 0.682. The van der Waals surface area contributed by atoms with E-state index < -0.39 is 11.4 Å². The molecule has 1 N–H and O–H groups in total. The Bertz CT molecular complexity index is 517. The van der Waals surface area contributed by atoms with Gasteiger partial charge in [0.05, 0.1) is 17.0 Å². The monoisotopic (exact) mass is 326 g/mol. The molecule has 1 aromatic carbocycles. The van der Waals surface area contributed by atoms with Gasteiger partial charge >= 0.3 is 5.97 Å². The van der Waals surface area contributed by atoms with Crippen LogP contribution in [-0.4, -0.2) is 18.2 Å². The van der Waals surface area contributed by atoms with Crippen LogP contribution in [0.3, 0.4) is 0 Å². The van der Waals surface area contributed by atoms with E-state index in [4.69, 9.17) is 4.74 Å². The van der Waals surface area contributed by atoms with E-state index in [-0.39, 0.29) is 0 Å². The molecule has 0 bridgehead atoms. The van der Waals surface area contributed by atoms with Crippen LogP contribution in [0.1, 0.15) is 42.4 Å². The molecule has 104 valence electrons. The van der Waals surface area contributed by atoms with Gasteiger partial charge in [0.25, 0.3) is 0 Å². The summed E-state index contributed by atoms with van der Waals surface area (Å²) in [5.74, 6) is -0.0519. The fraction of sp³-hybridized carbons (Fsp3) is 0.533. The summed E-state index contributed by atoms with van der Waals surface area (Å²) in [5.41, 5.74) is 2.13. The summed E-state index contributed by atoms with van der Waals surface area (Å²) in [6.45, 7) is 3.96. The zero-order valence-electron chi connectivity index (χ0n) is 11.5. The molecule has 1 aliphatic rings. The highest BCUT2D eigenvalue weighted by atomic mass is 79.9. The number of carbonyl (C=O) groups is 1. The van der Waals surface area contributed by atoms with Crippen molar-refractivity contribution >= 4 is 21.9 Å². The molecule has 4 heteroatoms. The number of methoxy groups -OCH3 is 1. The molecule has 0 amide bonds. The quantitative estimate of drug-likeness (QED) is 0.914. The molecule has 1 aliphatic carbocycles. The van der Waals surface area contributed by atoms with Crippen molar-refractivity contribution in [3.05, 3.63) is 27.2 Å². The van der Waals surface area contributed by atoms with Gasteiger partial charge in [0.1, 0.15) is 5.75 Å². The van der Waals surface area contributed by atoms with Crippen molar-refractivity contribution in [2.24, 2.45) is 0 Å². The molecule has 0 heterocycles. The van der Waals surface area contributed by atoms with Crippen LogP contribution in [0.2, 0.25) is 0 Å². The van der Waals surface area contributed by atoms with E-state index in [1.165, 1.54) is 0 Å². The Balaban J connectivity index is 2.73. The lowest BCUT2D eigenvalue weighted by Crippen LogP contribution is -2.34. The molecular formula is C15H19BrO3. The van der Waals surface area contributed by atoms with Crippen LogP contribution in [0.4, 0.5) is 0 Å². The summed E-state index contributed by atoms with van der Waals surface area (Å²) >= 11 is 3.53. The van der Waals surface area contributed by atoms with Crippen LogP contribution in [0.5, 0.6) is 5.75 Å². The normalized spacial score (nSPS) is 17.5. The predicted molar refractivity (Wildman–Crippen MR) is 77.9 cm³/mol. The highest BCUT2D eigenvalue weighted by Crippen LogP contribution is 2.49. The summed E-state index contributed by atoms with van der Waals surface area (Å²) in [6, 6.07) is 2.03. The van der Waals surface area contributed by atoms with Crippen LogP contribution in [0, 0.1) is 13.8 Å². The van der Waals surface area contributed by atoms with Gasteiger partial charge in [0.2, 0.25) is 0 Å². The van der Waals surface area contributed by atoms with Crippen molar-refractivity contribution < 1.29 is 14.6 Å². The Hall–Kier alpha value is -1.03. The van der Waals surface area contributed by atoms with Gasteiger partial charge in [-0.25, -0.2) is 0 Å². The van der Waals surface area contributed by atoms with Crippen molar-refractivity contribution in [1.29, 1.82) is 0 Å². The van der Waals surface area contributed by atoms with Crippen LogP contribution in [-0.2, 0) is 10.2 Å². The number of aliphatic carboxylic acids is 1. The zero-order chi connectivity index (χ0) is 14.2. The highest BCUT2D eigenvalue weighted by Gasteiger charge is 2.46. The lowest BCUT2D eigenvalue weighted by Gasteiger charge is -2.29. The standard InChI is InChI=1S/C15H19BrO3/c1-9-8-10(2)12(16)13(19-3)11(9)15(14(17)18)6-4-5-7-15/h8H,4-7H2,1-3H3,(H,17,18). The third-order valence-electron chi connectivity index (χ3n) is 4.15. The summed E-state index contributed by atoms with van der Waals surface area (Å²) in [6.07, 6.45) is 3.30. The van der Waals surface area contributed by atoms with Crippen molar-refractivity contribution in [3.8, 4) is 5.75 Å². The van der Waals surface area contributed by atoms with E-state index in [1.807, 2.05) is 19.9 Å². The van der Waals surface area contributed by atoms with Gasteiger partial charge < -0.3 is 9.84 Å². The molecule has 1 fully saturated rings. The second-order valence-electron chi connectivity index (χ2n) is 5.33. The Kier molecular flexibility index (Phi) is 3.90. The Labute approximate surface area is 122 Å². The van der Waals surface area contributed by atoms with Crippen LogP contribution >= 0.6 is 15.9 Å². The summed E-state index contributed by atoms with van der Waals surface area (Å²) < 4.78 is 6.38. The molecule has 0 aliphatic heterocycles. The molecular weight excluding hydrogens is 308 g/mol. The first-order valence-corrected chi connectivity index (χ1v) is 7.31. The number of hydrogen-bond donors (Lipinski definition) is 1. The Morgan fingerprint density at radius 2 is 1.89 bits per heavy atom. The van der Waals surface area contributed by atoms with Crippen LogP contribution in [0.25, 0.3) is 0 Å². The van der Waals surface area contributed by atoms with E-state index in [1.54, 1.807) is 7.11 Å². The van der Waals surface area contributed by atoms with Crippen molar-refractivity contribution in [1.82, 2.24) is 0 Å². The lowest BCUT2D eigenvalue weighted by molar-refractivity contribution is -0.143. The summed E-state index contributed by atoms with van der Waals surface area (Å²) in [7, 11) is 1.60. The molecule has 0 aromatic heterocycles. The first-order chi connectivity index (χ1) is 8.94. The van der Waals surface area contributed by atoms with Gasteiger partial charge in [0.15, 0.2) is 0 Å².